The van der Waals surface area contributed by atoms with Gasteiger partial charge in [0.2, 0.25) is 6.41 Å². The van der Waals surface area contributed by atoms with Crippen LogP contribution in [0.3, 0.4) is 0 Å². The molecule has 0 bridgehead atoms. The number of aliphatic imine (C=N–C) groups is 1. The third kappa shape index (κ3) is 7.15. The van der Waals surface area contributed by atoms with Crippen molar-refractivity contribution in [1.82, 2.24) is 5.32 Å². The summed E-state index contributed by atoms with van der Waals surface area (Å²) in [4.78, 5) is 15.2. The lowest BCUT2D eigenvalue weighted by Crippen LogP contribution is -2.20. The van der Waals surface area contributed by atoms with Gasteiger partial charge in [0.1, 0.15) is 0 Å². The zero-order chi connectivity index (χ0) is 16.9. The zero-order valence-electron chi connectivity index (χ0n) is 15.1. The molecule has 1 aliphatic rings. The second-order valence-electron chi connectivity index (χ2n) is 6.58. The molecule has 1 saturated carbocycles. The monoisotopic (exact) mass is 318 g/mol. The predicted octanol–water partition coefficient (Wildman–Crippen LogP) is 5.18. The number of carbonyl (C=O) groups is 1. The van der Waals surface area contributed by atoms with E-state index in [-0.39, 0.29) is 0 Å². The van der Waals surface area contributed by atoms with Gasteiger partial charge in [-0.3, -0.25) is 9.79 Å². The molecule has 3 nitrogen and oxygen atoms in total. The van der Waals surface area contributed by atoms with Gasteiger partial charge in [-0.2, -0.15) is 0 Å². The van der Waals surface area contributed by atoms with E-state index in [9.17, 15) is 4.79 Å². The zero-order valence-corrected chi connectivity index (χ0v) is 15.1. The van der Waals surface area contributed by atoms with Gasteiger partial charge in [-0.15, -0.1) is 0 Å². The largest absolute Gasteiger partial charge is 0.327 e. The summed E-state index contributed by atoms with van der Waals surface area (Å²) < 4.78 is 0. The van der Waals surface area contributed by atoms with Gasteiger partial charge in [0.25, 0.3) is 0 Å². The van der Waals surface area contributed by atoms with E-state index >= 15 is 0 Å². The van der Waals surface area contributed by atoms with Crippen molar-refractivity contribution in [3.8, 4) is 0 Å². The summed E-state index contributed by atoms with van der Waals surface area (Å²) in [6.45, 7) is 6.59. The third-order valence-corrected chi connectivity index (χ3v) is 4.74. The second-order valence-corrected chi connectivity index (χ2v) is 6.58. The van der Waals surface area contributed by atoms with Gasteiger partial charge in [0.15, 0.2) is 0 Å². The molecule has 1 rings (SSSR count). The maximum atomic E-state index is 11.0. The van der Waals surface area contributed by atoms with Crippen LogP contribution in [0.4, 0.5) is 0 Å². The van der Waals surface area contributed by atoms with Crippen molar-refractivity contribution in [3.05, 3.63) is 23.4 Å². The highest BCUT2D eigenvalue weighted by molar-refractivity contribution is 5.83. The Morgan fingerprint density at radius 1 is 1.17 bits per heavy atom. The maximum absolute atomic E-state index is 11.0. The van der Waals surface area contributed by atoms with Gasteiger partial charge in [-0.05, 0) is 42.7 Å². The molecule has 130 valence electrons. The van der Waals surface area contributed by atoms with Gasteiger partial charge >= 0.3 is 0 Å². The lowest BCUT2D eigenvalue weighted by atomic mass is 9.80. The Morgan fingerprint density at radius 2 is 1.83 bits per heavy atom. The minimum Gasteiger partial charge on any atom is -0.327 e. The number of hydrogen-bond acceptors (Lipinski definition) is 2. The summed E-state index contributed by atoms with van der Waals surface area (Å²) in [7, 11) is 1.75. The van der Waals surface area contributed by atoms with E-state index in [2.05, 4.69) is 23.8 Å². The molecule has 0 aromatic carbocycles. The van der Waals surface area contributed by atoms with Crippen LogP contribution < -0.4 is 5.32 Å². The van der Waals surface area contributed by atoms with E-state index < -0.39 is 0 Å². The van der Waals surface area contributed by atoms with Crippen LogP contribution in [0.1, 0.15) is 77.6 Å². The van der Waals surface area contributed by atoms with E-state index in [1.54, 1.807) is 13.3 Å². The van der Waals surface area contributed by atoms with Gasteiger partial charge in [0, 0.05) is 13.3 Å². The quantitative estimate of drug-likeness (QED) is 0.270. The number of allylic oxidation sites excluding steroid dienone is 3. The Kier molecular flexibility index (Phi) is 10.3. The van der Waals surface area contributed by atoms with Crippen LogP contribution in [0.25, 0.3) is 0 Å². The number of amides is 1. The number of carbonyl (C=O) groups excluding carboxylic acids is 1. The standard InChI is InChI=1S/C20H34N2O/c1-4-5-9-12-17(2)20(19(15-21-3)22-16-23)18-13-10-7-6-8-11-14-18/h15-16,18H,2,4-14H2,1,3H3,(H,22,23)/b20-19-,21-15?. The Balaban J connectivity index is 3.03. The summed E-state index contributed by atoms with van der Waals surface area (Å²) in [5.74, 6) is 0.505. The molecular formula is C20H34N2O. The van der Waals surface area contributed by atoms with Crippen LogP contribution in [-0.4, -0.2) is 19.7 Å². The molecule has 1 N–H and O–H groups in total. The van der Waals surface area contributed by atoms with E-state index in [0.717, 1.165) is 18.5 Å². The number of rotatable bonds is 9. The van der Waals surface area contributed by atoms with Crippen LogP contribution >= 0.6 is 0 Å². The van der Waals surface area contributed by atoms with Gasteiger partial charge in [-0.25, -0.2) is 0 Å². The molecule has 3 heteroatoms. The van der Waals surface area contributed by atoms with Crippen molar-refractivity contribution < 1.29 is 4.79 Å². The molecule has 1 amide bonds. The fraction of sp³-hybridized carbons (Fsp3) is 0.700. The number of nitrogens with zero attached hydrogens (tertiary/aromatic N) is 1. The molecule has 0 spiro atoms. The number of hydrogen-bond donors (Lipinski definition) is 1. The van der Waals surface area contributed by atoms with Gasteiger partial charge in [-0.1, -0.05) is 58.4 Å². The molecule has 1 aliphatic carbocycles. The maximum Gasteiger partial charge on any atom is 0.211 e. The fourth-order valence-electron chi connectivity index (χ4n) is 3.54. The smallest absolute Gasteiger partial charge is 0.211 e. The van der Waals surface area contributed by atoms with E-state index in [4.69, 9.17) is 0 Å². The highest BCUT2D eigenvalue weighted by atomic mass is 16.1. The Morgan fingerprint density at radius 3 is 2.39 bits per heavy atom. The van der Waals surface area contributed by atoms with Crippen molar-refractivity contribution in [2.24, 2.45) is 10.9 Å². The minimum absolute atomic E-state index is 0.505. The van der Waals surface area contributed by atoms with Crippen LogP contribution in [0.5, 0.6) is 0 Å². The SMILES string of the molecule is C=C(CCCCC)/C(=C(\C=NC)NC=O)C1CCCCCCC1. The minimum atomic E-state index is 0.505. The van der Waals surface area contributed by atoms with Crippen LogP contribution in [0, 0.1) is 5.92 Å². The fourth-order valence-corrected chi connectivity index (χ4v) is 3.54. The molecule has 1 fully saturated rings. The molecule has 23 heavy (non-hydrogen) atoms. The van der Waals surface area contributed by atoms with Crippen molar-refractivity contribution in [1.29, 1.82) is 0 Å². The first-order chi connectivity index (χ1) is 11.2. The normalized spacial score (nSPS) is 18.2. The first-order valence-corrected chi connectivity index (χ1v) is 9.29. The van der Waals surface area contributed by atoms with E-state index in [1.807, 2.05) is 0 Å². The summed E-state index contributed by atoms with van der Waals surface area (Å²) in [5.41, 5.74) is 3.29. The topological polar surface area (TPSA) is 41.5 Å². The molecule has 0 atom stereocenters. The van der Waals surface area contributed by atoms with Crippen molar-refractivity contribution in [2.75, 3.05) is 7.05 Å². The van der Waals surface area contributed by atoms with E-state index in [1.165, 1.54) is 75.4 Å². The predicted molar refractivity (Wildman–Crippen MR) is 99.7 cm³/mol. The average Bonchev–Trinajstić information content (AvgIpc) is 2.50. The lowest BCUT2D eigenvalue weighted by molar-refractivity contribution is -0.108. The van der Waals surface area contributed by atoms with Crippen LogP contribution in [0.2, 0.25) is 0 Å². The number of nitrogens with one attached hydrogen (secondary N) is 1. The average molecular weight is 319 g/mol. The Hall–Kier alpha value is -1.38. The van der Waals surface area contributed by atoms with Crippen LogP contribution in [0.15, 0.2) is 28.4 Å². The van der Waals surface area contributed by atoms with Gasteiger partial charge in [0.05, 0.1) is 5.70 Å². The molecule has 0 radical (unpaired) electrons. The third-order valence-electron chi connectivity index (χ3n) is 4.74. The molecule has 0 heterocycles. The van der Waals surface area contributed by atoms with Crippen LogP contribution in [-0.2, 0) is 4.79 Å². The lowest BCUT2D eigenvalue weighted by Gasteiger charge is -2.26. The number of unbranched alkanes of at least 4 members (excludes halogenated alkanes) is 2. The summed E-state index contributed by atoms with van der Waals surface area (Å²) in [6.07, 6.45) is 16.1. The van der Waals surface area contributed by atoms with Crippen molar-refractivity contribution in [3.63, 3.8) is 0 Å². The van der Waals surface area contributed by atoms with Gasteiger partial charge < -0.3 is 5.32 Å². The molecule has 0 saturated heterocycles. The Bertz CT molecular complexity index is 415. The molecule has 0 aliphatic heterocycles. The molecule has 0 unspecified atom stereocenters. The molecular weight excluding hydrogens is 284 g/mol. The highest BCUT2D eigenvalue weighted by Crippen LogP contribution is 2.34. The van der Waals surface area contributed by atoms with Crippen molar-refractivity contribution >= 4 is 12.6 Å². The first kappa shape index (κ1) is 19.7. The Labute approximate surface area is 142 Å². The van der Waals surface area contributed by atoms with E-state index in [0.29, 0.717) is 5.92 Å². The summed E-state index contributed by atoms with van der Waals surface area (Å²) in [6, 6.07) is 0. The van der Waals surface area contributed by atoms with Crippen molar-refractivity contribution in [2.45, 2.75) is 77.6 Å². The summed E-state index contributed by atoms with van der Waals surface area (Å²) in [5, 5.41) is 2.88. The highest BCUT2D eigenvalue weighted by Gasteiger charge is 2.21. The summed E-state index contributed by atoms with van der Waals surface area (Å²) >= 11 is 0. The molecule has 0 aromatic heterocycles. The molecule has 0 aromatic rings. The first-order valence-electron chi connectivity index (χ1n) is 9.29. The second kappa shape index (κ2) is 12.1.